The van der Waals surface area contributed by atoms with Gasteiger partial charge in [0, 0.05) is 24.5 Å². The fraction of sp³-hybridized carbons (Fsp3) is 0.0556. The van der Waals surface area contributed by atoms with E-state index in [1.807, 2.05) is 41.1 Å². The van der Waals surface area contributed by atoms with Gasteiger partial charge in [-0.1, -0.05) is 29.5 Å². The van der Waals surface area contributed by atoms with E-state index in [1.165, 1.54) is 11.3 Å². The summed E-state index contributed by atoms with van der Waals surface area (Å²) in [6, 6.07) is 13.3. The largest absolute Gasteiger partial charge is 0.375 e. The molecule has 0 unspecified atom stereocenters. The lowest BCUT2D eigenvalue weighted by Crippen LogP contribution is -2.23. The van der Waals surface area contributed by atoms with Crippen molar-refractivity contribution >= 4 is 32.6 Å². The summed E-state index contributed by atoms with van der Waals surface area (Å²) in [6.45, 7) is 0.421. The summed E-state index contributed by atoms with van der Waals surface area (Å²) in [6.07, 6.45) is 5.34. The number of carbonyl (C=O) groups excluding carboxylic acids is 1. The number of carbonyl (C=O) groups is 1. The second kappa shape index (κ2) is 6.37. The molecule has 124 valence electrons. The molecule has 6 nitrogen and oxygen atoms in total. The zero-order valence-corrected chi connectivity index (χ0v) is 14.0. The Balaban J connectivity index is 1.54. The number of nitrogens with one attached hydrogen (secondary N) is 1. The Kier molecular flexibility index (Phi) is 3.91. The van der Waals surface area contributed by atoms with Gasteiger partial charge in [0.25, 0.3) is 5.91 Å². The molecule has 1 amide bonds. The van der Waals surface area contributed by atoms with Crippen LogP contribution >= 0.6 is 11.3 Å². The van der Waals surface area contributed by atoms with Crippen molar-refractivity contribution in [3.8, 4) is 5.69 Å². The number of nitrogens with zero attached hydrogens (tertiary/aromatic N) is 3. The van der Waals surface area contributed by atoms with E-state index in [9.17, 15) is 4.79 Å². The van der Waals surface area contributed by atoms with Crippen LogP contribution in [0.4, 0.5) is 5.13 Å². The fourth-order valence-electron chi connectivity index (χ4n) is 2.68. The summed E-state index contributed by atoms with van der Waals surface area (Å²) in [7, 11) is 0. The van der Waals surface area contributed by atoms with Gasteiger partial charge in [-0.3, -0.25) is 4.79 Å². The predicted octanol–water partition coefficient (Wildman–Crippen LogP) is 2.99. The van der Waals surface area contributed by atoms with E-state index in [4.69, 9.17) is 5.73 Å². The molecule has 0 spiro atoms. The summed E-state index contributed by atoms with van der Waals surface area (Å²) in [5.74, 6) is -0.145. The maximum atomic E-state index is 12.5. The number of nitrogens with two attached hydrogens (primary N) is 1. The van der Waals surface area contributed by atoms with Crippen molar-refractivity contribution < 1.29 is 4.79 Å². The van der Waals surface area contributed by atoms with E-state index < -0.39 is 0 Å². The van der Waals surface area contributed by atoms with Crippen LogP contribution in [0, 0.1) is 0 Å². The Morgan fingerprint density at radius 1 is 1.24 bits per heavy atom. The Bertz CT molecular complexity index is 1040. The quantitative estimate of drug-likeness (QED) is 0.593. The SMILES string of the molecule is Nc1nc2cc(C(=O)NCc3ccccc3-n3ccnc3)ccc2s1. The third-order valence-corrected chi connectivity index (χ3v) is 4.75. The summed E-state index contributed by atoms with van der Waals surface area (Å²) < 4.78 is 2.89. The molecule has 0 aliphatic carbocycles. The van der Waals surface area contributed by atoms with Crippen LogP contribution in [0.3, 0.4) is 0 Å². The topological polar surface area (TPSA) is 85.8 Å². The predicted molar refractivity (Wildman–Crippen MR) is 98.8 cm³/mol. The summed E-state index contributed by atoms with van der Waals surface area (Å²) in [5, 5.41) is 3.46. The third-order valence-electron chi connectivity index (χ3n) is 3.88. The Morgan fingerprint density at radius 2 is 2.12 bits per heavy atom. The fourth-order valence-corrected chi connectivity index (χ4v) is 3.39. The van der Waals surface area contributed by atoms with E-state index in [0.717, 1.165) is 21.5 Å². The zero-order chi connectivity index (χ0) is 17.2. The number of amides is 1. The molecule has 0 radical (unpaired) electrons. The summed E-state index contributed by atoms with van der Waals surface area (Å²) in [4.78, 5) is 20.8. The lowest BCUT2D eigenvalue weighted by molar-refractivity contribution is 0.0951. The molecule has 2 heterocycles. The number of thiazole rings is 1. The van der Waals surface area contributed by atoms with Crippen molar-refractivity contribution in [2.45, 2.75) is 6.54 Å². The molecule has 0 atom stereocenters. The molecule has 0 aliphatic rings. The van der Waals surface area contributed by atoms with Gasteiger partial charge in [-0.05, 0) is 29.8 Å². The van der Waals surface area contributed by atoms with Crippen molar-refractivity contribution in [2.75, 3.05) is 5.73 Å². The Morgan fingerprint density at radius 3 is 2.96 bits per heavy atom. The standard InChI is InChI=1S/C18H15N5OS/c19-18-22-14-9-12(5-6-16(14)25-18)17(24)21-10-13-3-1-2-4-15(13)23-8-7-20-11-23/h1-9,11H,10H2,(H2,19,22)(H,21,24). The van der Waals surface area contributed by atoms with Crippen molar-refractivity contribution in [1.29, 1.82) is 0 Å². The third kappa shape index (κ3) is 3.09. The molecule has 0 saturated carbocycles. The lowest BCUT2D eigenvalue weighted by atomic mass is 10.1. The first-order valence-corrected chi connectivity index (χ1v) is 8.53. The highest BCUT2D eigenvalue weighted by atomic mass is 32.1. The Labute approximate surface area is 148 Å². The highest BCUT2D eigenvalue weighted by Gasteiger charge is 2.10. The van der Waals surface area contributed by atoms with Crippen LogP contribution in [0.1, 0.15) is 15.9 Å². The van der Waals surface area contributed by atoms with Crippen LogP contribution in [0.15, 0.2) is 61.2 Å². The average Bonchev–Trinajstić information content (AvgIpc) is 3.27. The molecular weight excluding hydrogens is 334 g/mol. The molecule has 3 N–H and O–H groups in total. The van der Waals surface area contributed by atoms with Gasteiger partial charge in [-0.25, -0.2) is 9.97 Å². The van der Waals surface area contributed by atoms with E-state index in [-0.39, 0.29) is 5.91 Å². The first kappa shape index (κ1) is 15.3. The maximum absolute atomic E-state index is 12.5. The van der Waals surface area contributed by atoms with Crippen molar-refractivity contribution in [3.63, 3.8) is 0 Å². The van der Waals surface area contributed by atoms with Gasteiger partial charge in [0.1, 0.15) is 0 Å². The van der Waals surface area contributed by atoms with E-state index >= 15 is 0 Å². The molecular formula is C18H15N5OS. The van der Waals surface area contributed by atoms with Crippen molar-refractivity contribution in [1.82, 2.24) is 19.9 Å². The Hall–Kier alpha value is -3.19. The molecule has 0 fully saturated rings. The number of para-hydroxylation sites is 1. The number of imidazole rings is 1. The molecule has 25 heavy (non-hydrogen) atoms. The van der Waals surface area contributed by atoms with Crippen LogP contribution in [0.5, 0.6) is 0 Å². The van der Waals surface area contributed by atoms with Crippen molar-refractivity contribution in [3.05, 3.63) is 72.3 Å². The zero-order valence-electron chi connectivity index (χ0n) is 13.2. The first-order valence-electron chi connectivity index (χ1n) is 7.71. The van der Waals surface area contributed by atoms with Crippen LogP contribution in [0.2, 0.25) is 0 Å². The molecule has 0 saturated heterocycles. The van der Waals surface area contributed by atoms with Crippen LogP contribution in [0.25, 0.3) is 15.9 Å². The molecule has 7 heteroatoms. The molecule has 2 aromatic carbocycles. The average molecular weight is 349 g/mol. The number of hydrogen-bond donors (Lipinski definition) is 2. The van der Waals surface area contributed by atoms with Crippen LogP contribution in [-0.2, 0) is 6.54 Å². The smallest absolute Gasteiger partial charge is 0.251 e. The van der Waals surface area contributed by atoms with Crippen LogP contribution < -0.4 is 11.1 Å². The molecule has 0 aliphatic heterocycles. The van der Waals surface area contributed by atoms with E-state index in [2.05, 4.69) is 15.3 Å². The minimum atomic E-state index is -0.145. The molecule has 4 rings (SSSR count). The summed E-state index contributed by atoms with van der Waals surface area (Å²) in [5.41, 5.74) is 9.02. The monoisotopic (exact) mass is 349 g/mol. The number of hydrogen-bond acceptors (Lipinski definition) is 5. The minimum absolute atomic E-state index is 0.145. The molecule has 2 aromatic heterocycles. The number of benzene rings is 2. The van der Waals surface area contributed by atoms with E-state index in [0.29, 0.717) is 17.2 Å². The van der Waals surface area contributed by atoms with Gasteiger partial charge in [0.2, 0.25) is 0 Å². The van der Waals surface area contributed by atoms with E-state index in [1.54, 1.807) is 24.7 Å². The number of fused-ring (bicyclic) bond motifs is 1. The summed E-state index contributed by atoms with van der Waals surface area (Å²) >= 11 is 1.41. The highest BCUT2D eigenvalue weighted by molar-refractivity contribution is 7.22. The van der Waals surface area contributed by atoms with Gasteiger partial charge < -0.3 is 15.6 Å². The first-order chi connectivity index (χ1) is 12.2. The number of nitrogen functional groups attached to an aromatic ring is 1. The number of anilines is 1. The van der Waals surface area contributed by atoms with Crippen LogP contribution in [-0.4, -0.2) is 20.4 Å². The van der Waals surface area contributed by atoms with Gasteiger partial charge >= 0.3 is 0 Å². The van der Waals surface area contributed by atoms with Crippen molar-refractivity contribution in [2.24, 2.45) is 0 Å². The number of rotatable bonds is 4. The second-order valence-electron chi connectivity index (χ2n) is 5.52. The van der Waals surface area contributed by atoms with Gasteiger partial charge in [-0.15, -0.1) is 0 Å². The molecule has 4 aromatic rings. The number of aromatic nitrogens is 3. The molecule has 0 bridgehead atoms. The normalized spacial score (nSPS) is 10.9. The van der Waals surface area contributed by atoms with Gasteiger partial charge in [0.15, 0.2) is 5.13 Å². The van der Waals surface area contributed by atoms with Gasteiger partial charge in [0.05, 0.1) is 22.2 Å². The maximum Gasteiger partial charge on any atom is 0.251 e. The lowest BCUT2D eigenvalue weighted by Gasteiger charge is -2.11. The minimum Gasteiger partial charge on any atom is -0.375 e. The second-order valence-corrected chi connectivity index (χ2v) is 6.58. The van der Waals surface area contributed by atoms with Gasteiger partial charge in [-0.2, -0.15) is 0 Å². The highest BCUT2D eigenvalue weighted by Crippen LogP contribution is 2.24.